The molecule has 0 aliphatic rings. The maximum Gasteiger partial charge on any atom is 0.328 e. The molecule has 0 aliphatic heterocycles. The molecule has 14 heteroatoms. The number of hydrogen-bond acceptors (Lipinski definition) is 9. The number of aliphatic hydroxyl groups is 1. The third-order valence-electron chi connectivity index (χ3n) is 3.50. The Morgan fingerprint density at radius 3 is 2.36 bits per heavy atom. The lowest BCUT2D eigenvalue weighted by Crippen LogP contribution is -2.52. The second-order valence-corrected chi connectivity index (χ2v) is 5.93. The van der Waals surface area contributed by atoms with Crippen molar-refractivity contribution in [3.05, 3.63) is 11.7 Å². The molecule has 9 N–H and O–H groups in total. The maximum atomic E-state index is 12.0. The van der Waals surface area contributed by atoms with Gasteiger partial charge in [0.2, 0.25) is 11.8 Å². The molecule has 0 fully saturated rings. The van der Waals surface area contributed by atoms with E-state index in [4.69, 9.17) is 26.2 Å². The lowest BCUT2D eigenvalue weighted by Gasteiger charge is -2.19. The fourth-order valence-electron chi connectivity index (χ4n) is 2.08. The number of nitrogens with two attached hydrogens (primary N) is 2. The van der Waals surface area contributed by atoms with E-state index in [9.17, 15) is 24.3 Å². The van der Waals surface area contributed by atoms with Gasteiger partial charge in [-0.05, 0) is 13.3 Å². The highest BCUT2D eigenvalue weighted by Gasteiger charge is 2.29. The van der Waals surface area contributed by atoms with Crippen molar-refractivity contribution in [2.24, 2.45) is 11.5 Å². The highest BCUT2D eigenvalue weighted by atomic mass is 16.5. The van der Waals surface area contributed by atoms with Gasteiger partial charge in [0.1, 0.15) is 6.04 Å². The van der Waals surface area contributed by atoms with E-state index >= 15 is 0 Å². The lowest BCUT2D eigenvalue weighted by atomic mass is 10.1. The number of nitrogens with zero attached hydrogens (tertiary/aromatic N) is 2. The van der Waals surface area contributed by atoms with Crippen LogP contribution in [0.25, 0.3) is 0 Å². The monoisotopic (exact) mass is 402 g/mol. The Bertz CT molecular complexity index is 720. The van der Waals surface area contributed by atoms with Gasteiger partial charge >= 0.3 is 18.0 Å². The van der Waals surface area contributed by atoms with Gasteiger partial charge in [0.15, 0.2) is 11.9 Å². The molecule has 1 aromatic rings. The molecule has 0 bridgehead atoms. The summed E-state index contributed by atoms with van der Waals surface area (Å²) in [4.78, 5) is 48.8. The van der Waals surface area contributed by atoms with Crippen LogP contribution in [-0.2, 0) is 14.4 Å². The minimum Gasteiger partial charge on any atom is -0.481 e. The zero-order valence-corrected chi connectivity index (χ0v) is 14.9. The number of primary amides is 1. The minimum absolute atomic E-state index is 0.0252. The molecule has 4 atom stereocenters. The van der Waals surface area contributed by atoms with Crippen molar-refractivity contribution in [3.8, 4) is 0 Å². The molecule has 28 heavy (non-hydrogen) atoms. The third kappa shape index (κ3) is 7.16. The van der Waals surface area contributed by atoms with Crippen LogP contribution in [0.3, 0.4) is 0 Å². The first-order valence-electron chi connectivity index (χ1n) is 8.08. The number of aromatic nitrogens is 2. The van der Waals surface area contributed by atoms with Crippen molar-refractivity contribution in [2.45, 2.75) is 50.4 Å². The van der Waals surface area contributed by atoms with Gasteiger partial charge in [0.05, 0.1) is 18.6 Å². The molecule has 0 radical (unpaired) electrons. The van der Waals surface area contributed by atoms with Crippen LogP contribution >= 0.6 is 0 Å². The molecule has 1 aromatic heterocycles. The molecule has 0 aliphatic carbocycles. The van der Waals surface area contributed by atoms with Gasteiger partial charge in [-0.25, -0.2) is 9.59 Å². The van der Waals surface area contributed by atoms with Gasteiger partial charge in [-0.3, -0.25) is 9.59 Å². The topological polar surface area (TPSA) is 244 Å². The van der Waals surface area contributed by atoms with Crippen LogP contribution in [0, 0.1) is 0 Å². The highest BCUT2D eigenvalue weighted by Crippen LogP contribution is 2.18. The number of hydrogen-bond donors (Lipinski definition) is 7. The lowest BCUT2D eigenvalue weighted by molar-refractivity contribution is -0.142. The molecular weight excluding hydrogens is 380 g/mol. The van der Waals surface area contributed by atoms with Crippen LogP contribution in [0.5, 0.6) is 0 Å². The SMILES string of the molecule is CC(O)[C@H](NC(=O)N[C@@H](CC(N)=O)c1nc([C@@H](N)CCC(=O)O)no1)C(=O)O. The summed E-state index contributed by atoms with van der Waals surface area (Å²) in [5.41, 5.74) is 10.9. The Morgan fingerprint density at radius 1 is 1.21 bits per heavy atom. The normalized spacial score (nSPS) is 15.1. The van der Waals surface area contributed by atoms with Crippen LogP contribution in [0.2, 0.25) is 0 Å². The number of carbonyl (C=O) groups is 4. The van der Waals surface area contributed by atoms with E-state index in [1.54, 1.807) is 0 Å². The predicted octanol–water partition coefficient (Wildman–Crippen LogP) is -2.02. The van der Waals surface area contributed by atoms with E-state index in [0.29, 0.717) is 0 Å². The first-order chi connectivity index (χ1) is 13.0. The number of nitrogens with one attached hydrogen (secondary N) is 2. The number of carboxylic acid groups (broad SMARTS) is 2. The van der Waals surface area contributed by atoms with E-state index < -0.39 is 54.5 Å². The summed E-state index contributed by atoms with van der Waals surface area (Å²) in [6.07, 6.45) is -2.05. The molecule has 0 saturated carbocycles. The van der Waals surface area contributed by atoms with Gasteiger partial charge in [-0.2, -0.15) is 4.98 Å². The van der Waals surface area contributed by atoms with Crippen LogP contribution in [0.15, 0.2) is 4.52 Å². The summed E-state index contributed by atoms with van der Waals surface area (Å²) in [6, 6.07) is -4.69. The van der Waals surface area contributed by atoms with E-state index in [1.165, 1.54) is 6.92 Å². The van der Waals surface area contributed by atoms with Crippen molar-refractivity contribution in [3.63, 3.8) is 0 Å². The minimum atomic E-state index is -1.60. The Balaban J connectivity index is 2.88. The van der Waals surface area contributed by atoms with Crippen LogP contribution in [-0.4, -0.2) is 61.5 Å². The highest BCUT2D eigenvalue weighted by molar-refractivity contribution is 5.83. The van der Waals surface area contributed by atoms with E-state index in [0.717, 1.165) is 0 Å². The fourth-order valence-corrected chi connectivity index (χ4v) is 2.08. The van der Waals surface area contributed by atoms with Crippen LogP contribution in [0.4, 0.5) is 4.79 Å². The summed E-state index contributed by atoms with van der Waals surface area (Å²) < 4.78 is 4.95. The summed E-state index contributed by atoms with van der Waals surface area (Å²) >= 11 is 0. The largest absolute Gasteiger partial charge is 0.481 e. The maximum absolute atomic E-state index is 12.0. The van der Waals surface area contributed by atoms with Gasteiger partial charge in [0, 0.05) is 6.42 Å². The second-order valence-electron chi connectivity index (χ2n) is 5.93. The van der Waals surface area contributed by atoms with Crippen LogP contribution < -0.4 is 22.1 Å². The molecule has 1 heterocycles. The second kappa shape index (κ2) is 10.2. The van der Waals surface area contributed by atoms with Gasteiger partial charge in [-0.1, -0.05) is 5.16 Å². The van der Waals surface area contributed by atoms with Crippen molar-refractivity contribution in [1.29, 1.82) is 0 Å². The van der Waals surface area contributed by atoms with Gasteiger partial charge in [0.25, 0.3) is 0 Å². The predicted molar refractivity (Wildman–Crippen MR) is 89.4 cm³/mol. The molecule has 3 amide bonds. The fraction of sp³-hybridized carbons (Fsp3) is 0.571. The number of rotatable bonds is 11. The van der Waals surface area contributed by atoms with Crippen molar-refractivity contribution in [2.75, 3.05) is 0 Å². The first kappa shape index (κ1) is 22.8. The summed E-state index contributed by atoms with van der Waals surface area (Å²) in [6.45, 7) is 1.17. The van der Waals surface area contributed by atoms with E-state index in [1.807, 2.05) is 5.32 Å². The first-order valence-corrected chi connectivity index (χ1v) is 8.08. The molecule has 0 aromatic carbocycles. The number of aliphatic carboxylic acids is 2. The standard InChI is InChI=1S/C14H22N6O8/c1-5(21)10(13(25)26)18-14(27)17-7(4-8(16)22)12-19-11(20-28-12)6(15)2-3-9(23)24/h5-7,10,21H,2-4,15H2,1H3,(H2,16,22)(H,23,24)(H,25,26)(H2,17,18,27)/t5?,6-,7-,10-/m0/s1. The van der Waals surface area contributed by atoms with Crippen molar-refractivity contribution < 1.29 is 39.0 Å². The Labute approximate surface area is 158 Å². The molecule has 14 nitrogen and oxygen atoms in total. The molecule has 0 saturated heterocycles. The smallest absolute Gasteiger partial charge is 0.328 e. The molecule has 156 valence electrons. The summed E-state index contributed by atoms with van der Waals surface area (Å²) in [7, 11) is 0. The number of aliphatic hydroxyl groups excluding tert-OH is 1. The average Bonchev–Trinajstić information content (AvgIpc) is 3.06. The summed E-state index contributed by atoms with van der Waals surface area (Å²) in [5, 5.41) is 34.9. The van der Waals surface area contributed by atoms with Crippen LogP contribution in [0.1, 0.15) is 50.0 Å². The Kier molecular flexibility index (Phi) is 8.28. The average molecular weight is 402 g/mol. The van der Waals surface area contributed by atoms with Gasteiger partial charge in [-0.15, -0.1) is 0 Å². The zero-order valence-electron chi connectivity index (χ0n) is 14.9. The Morgan fingerprint density at radius 2 is 1.86 bits per heavy atom. The van der Waals surface area contributed by atoms with Crippen molar-refractivity contribution >= 4 is 23.9 Å². The molecule has 0 spiro atoms. The number of carboxylic acids is 2. The molecular formula is C14H22N6O8. The Hall–Kier alpha value is -3.26. The number of urea groups is 1. The van der Waals surface area contributed by atoms with Gasteiger partial charge < -0.3 is 41.9 Å². The van der Waals surface area contributed by atoms with Crippen molar-refractivity contribution in [1.82, 2.24) is 20.8 Å². The third-order valence-corrected chi connectivity index (χ3v) is 3.50. The van der Waals surface area contributed by atoms with E-state index in [-0.39, 0.29) is 24.6 Å². The quantitative estimate of drug-likeness (QED) is 0.213. The zero-order chi connectivity index (χ0) is 21.4. The number of carbonyl (C=O) groups excluding carboxylic acids is 2. The summed E-state index contributed by atoms with van der Waals surface area (Å²) in [5.74, 6) is -3.64. The number of amides is 3. The van der Waals surface area contributed by atoms with E-state index in [2.05, 4.69) is 15.5 Å². The molecule has 1 rings (SSSR count). The molecule has 1 unspecified atom stereocenters.